The Kier molecular flexibility index (Phi) is 6.50. The smallest absolute Gasteiger partial charge is 0.0556 e. The first-order valence-corrected chi connectivity index (χ1v) is 7.44. The highest BCUT2D eigenvalue weighted by atomic mass is 35.5. The molecule has 2 nitrogen and oxygen atoms in total. The lowest BCUT2D eigenvalue weighted by Crippen LogP contribution is -2.35. The third-order valence-corrected chi connectivity index (χ3v) is 3.70. The van der Waals surface area contributed by atoms with Crippen LogP contribution >= 0.6 is 23.4 Å². The number of nitrogens with one attached hydrogen (secondary N) is 1. The molecule has 0 bridgehead atoms. The summed E-state index contributed by atoms with van der Waals surface area (Å²) in [5.41, 5.74) is 1.25. The summed E-state index contributed by atoms with van der Waals surface area (Å²) in [6.07, 6.45) is 0. The SMILES string of the molecule is COCCSc1ccc(CNC(C)(C)C)c(Cl)c1. The van der Waals surface area contributed by atoms with Crippen LogP contribution in [0.1, 0.15) is 26.3 Å². The van der Waals surface area contributed by atoms with Gasteiger partial charge in [0.05, 0.1) is 6.61 Å². The first kappa shape index (κ1) is 15.8. The molecule has 1 aromatic rings. The number of benzene rings is 1. The number of ether oxygens (including phenoxy) is 1. The first-order valence-electron chi connectivity index (χ1n) is 6.07. The molecule has 0 amide bonds. The summed E-state index contributed by atoms with van der Waals surface area (Å²) in [6.45, 7) is 8.00. The zero-order chi connectivity index (χ0) is 13.6. The van der Waals surface area contributed by atoms with Crippen LogP contribution in [0.5, 0.6) is 0 Å². The molecule has 1 aromatic carbocycles. The Balaban J connectivity index is 2.56. The Hall–Kier alpha value is -0.220. The average molecular weight is 288 g/mol. The molecule has 0 atom stereocenters. The summed E-state index contributed by atoms with van der Waals surface area (Å²) in [4.78, 5) is 1.19. The molecule has 1 rings (SSSR count). The minimum atomic E-state index is 0.106. The van der Waals surface area contributed by atoms with Gasteiger partial charge in [-0.05, 0) is 38.5 Å². The Bertz CT molecular complexity index is 377. The molecule has 0 aliphatic carbocycles. The third kappa shape index (κ3) is 6.10. The second kappa shape index (κ2) is 7.39. The second-order valence-corrected chi connectivity index (χ2v) is 6.77. The zero-order valence-electron chi connectivity index (χ0n) is 11.5. The summed E-state index contributed by atoms with van der Waals surface area (Å²) in [5.74, 6) is 0.951. The minimum Gasteiger partial charge on any atom is -0.384 e. The van der Waals surface area contributed by atoms with E-state index in [1.54, 1.807) is 18.9 Å². The van der Waals surface area contributed by atoms with Crippen LogP contribution in [0.2, 0.25) is 5.02 Å². The molecule has 1 N–H and O–H groups in total. The fourth-order valence-corrected chi connectivity index (χ4v) is 2.53. The maximum Gasteiger partial charge on any atom is 0.0556 e. The maximum absolute atomic E-state index is 6.29. The van der Waals surface area contributed by atoms with E-state index < -0.39 is 0 Å². The highest BCUT2D eigenvalue weighted by molar-refractivity contribution is 7.99. The van der Waals surface area contributed by atoms with E-state index in [1.165, 1.54) is 4.90 Å². The summed E-state index contributed by atoms with van der Waals surface area (Å²) < 4.78 is 5.03. The first-order chi connectivity index (χ1) is 8.42. The van der Waals surface area contributed by atoms with Crippen LogP contribution in [0, 0.1) is 0 Å². The van der Waals surface area contributed by atoms with Crippen LogP contribution in [-0.4, -0.2) is 25.0 Å². The van der Waals surface area contributed by atoms with E-state index in [-0.39, 0.29) is 5.54 Å². The average Bonchev–Trinajstić information content (AvgIpc) is 2.27. The number of halogens is 1. The van der Waals surface area contributed by atoms with E-state index >= 15 is 0 Å². The summed E-state index contributed by atoms with van der Waals surface area (Å²) in [6, 6.07) is 6.24. The molecule has 0 aliphatic heterocycles. The largest absolute Gasteiger partial charge is 0.384 e. The Morgan fingerprint density at radius 1 is 1.33 bits per heavy atom. The summed E-state index contributed by atoms with van der Waals surface area (Å²) in [5, 5.41) is 4.27. The normalized spacial score (nSPS) is 11.8. The molecule has 0 spiro atoms. The fourth-order valence-electron chi connectivity index (χ4n) is 1.36. The predicted molar refractivity (Wildman–Crippen MR) is 80.6 cm³/mol. The van der Waals surface area contributed by atoms with E-state index in [2.05, 4.69) is 38.2 Å². The van der Waals surface area contributed by atoms with Crippen molar-refractivity contribution in [2.45, 2.75) is 37.8 Å². The molecule has 102 valence electrons. The number of hydrogen-bond acceptors (Lipinski definition) is 3. The molecular weight excluding hydrogens is 266 g/mol. The van der Waals surface area contributed by atoms with Gasteiger partial charge in [-0.25, -0.2) is 0 Å². The summed E-state index contributed by atoms with van der Waals surface area (Å²) in [7, 11) is 1.72. The number of methoxy groups -OCH3 is 1. The van der Waals surface area contributed by atoms with Gasteiger partial charge in [0.2, 0.25) is 0 Å². The van der Waals surface area contributed by atoms with Gasteiger partial charge in [-0.3, -0.25) is 0 Å². The Morgan fingerprint density at radius 2 is 2.06 bits per heavy atom. The van der Waals surface area contributed by atoms with E-state index in [0.717, 1.165) is 29.5 Å². The quantitative estimate of drug-likeness (QED) is 0.632. The van der Waals surface area contributed by atoms with E-state index in [9.17, 15) is 0 Å². The van der Waals surface area contributed by atoms with Gasteiger partial charge >= 0.3 is 0 Å². The van der Waals surface area contributed by atoms with Crippen molar-refractivity contribution < 1.29 is 4.74 Å². The van der Waals surface area contributed by atoms with Crippen LogP contribution in [0.15, 0.2) is 23.1 Å². The van der Waals surface area contributed by atoms with Crippen LogP contribution in [0.4, 0.5) is 0 Å². The van der Waals surface area contributed by atoms with Gasteiger partial charge < -0.3 is 10.1 Å². The van der Waals surface area contributed by atoms with Crippen molar-refractivity contribution in [2.75, 3.05) is 19.5 Å². The summed E-state index contributed by atoms with van der Waals surface area (Å²) >= 11 is 8.05. The van der Waals surface area contributed by atoms with Gasteiger partial charge in [-0.2, -0.15) is 0 Å². The molecular formula is C14H22ClNOS. The highest BCUT2D eigenvalue weighted by Gasteiger charge is 2.10. The van der Waals surface area contributed by atoms with Gasteiger partial charge in [0.25, 0.3) is 0 Å². The van der Waals surface area contributed by atoms with Crippen LogP contribution in [0.3, 0.4) is 0 Å². The molecule has 0 aromatic heterocycles. The molecule has 0 aliphatic rings. The molecule has 0 radical (unpaired) electrons. The lowest BCUT2D eigenvalue weighted by molar-refractivity contribution is 0.218. The van der Waals surface area contributed by atoms with Gasteiger partial charge in [-0.15, -0.1) is 11.8 Å². The van der Waals surface area contributed by atoms with Crippen molar-refractivity contribution in [3.63, 3.8) is 0 Å². The number of hydrogen-bond donors (Lipinski definition) is 1. The maximum atomic E-state index is 6.29. The Morgan fingerprint density at radius 3 is 2.61 bits per heavy atom. The van der Waals surface area contributed by atoms with E-state index in [4.69, 9.17) is 16.3 Å². The molecule has 0 heterocycles. The zero-order valence-corrected chi connectivity index (χ0v) is 13.1. The molecule has 18 heavy (non-hydrogen) atoms. The van der Waals surface area contributed by atoms with Crippen molar-refractivity contribution in [3.05, 3.63) is 28.8 Å². The standard InChI is InChI=1S/C14H22ClNOS/c1-14(2,3)16-10-11-5-6-12(9-13(11)15)18-8-7-17-4/h5-6,9,16H,7-8,10H2,1-4H3. The number of rotatable bonds is 6. The van der Waals surface area contributed by atoms with Gasteiger partial charge in [0.1, 0.15) is 0 Å². The van der Waals surface area contributed by atoms with Crippen LogP contribution in [0.25, 0.3) is 0 Å². The van der Waals surface area contributed by atoms with Crippen molar-refractivity contribution in [1.82, 2.24) is 5.32 Å². The monoisotopic (exact) mass is 287 g/mol. The predicted octanol–water partition coefficient (Wildman–Crippen LogP) is 3.97. The fraction of sp³-hybridized carbons (Fsp3) is 0.571. The number of thioether (sulfide) groups is 1. The van der Waals surface area contributed by atoms with Gasteiger partial charge in [-0.1, -0.05) is 17.7 Å². The Labute approximate surface area is 119 Å². The van der Waals surface area contributed by atoms with Crippen LogP contribution in [-0.2, 0) is 11.3 Å². The highest BCUT2D eigenvalue weighted by Crippen LogP contribution is 2.25. The third-order valence-electron chi connectivity index (χ3n) is 2.39. The van der Waals surface area contributed by atoms with Crippen molar-refractivity contribution in [3.8, 4) is 0 Å². The lowest BCUT2D eigenvalue weighted by atomic mass is 10.1. The van der Waals surface area contributed by atoms with Crippen LogP contribution < -0.4 is 5.32 Å². The minimum absolute atomic E-state index is 0.106. The van der Waals surface area contributed by atoms with E-state index in [1.807, 2.05) is 6.07 Å². The van der Waals surface area contributed by atoms with E-state index in [0.29, 0.717) is 0 Å². The lowest BCUT2D eigenvalue weighted by Gasteiger charge is -2.21. The second-order valence-electron chi connectivity index (χ2n) is 5.20. The topological polar surface area (TPSA) is 21.3 Å². The van der Waals surface area contributed by atoms with Crippen molar-refractivity contribution >= 4 is 23.4 Å². The molecule has 0 unspecified atom stereocenters. The van der Waals surface area contributed by atoms with Crippen molar-refractivity contribution in [2.24, 2.45) is 0 Å². The van der Waals surface area contributed by atoms with Gasteiger partial charge in [0, 0.05) is 34.9 Å². The molecule has 0 saturated carbocycles. The molecule has 0 saturated heterocycles. The molecule has 0 fully saturated rings. The molecule has 4 heteroatoms. The van der Waals surface area contributed by atoms with Crippen molar-refractivity contribution in [1.29, 1.82) is 0 Å². The van der Waals surface area contributed by atoms with Gasteiger partial charge in [0.15, 0.2) is 0 Å².